The monoisotopic (exact) mass is 326 g/mol. The van der Waals surface area contributed by atoms with Crippen molar-refractivity contribution in [2.45, 2.75) is 89.3 Å². The molecule has 2 heterocycles. The van der Waals surface area contributed by atoms with E-state index in [1.807, 2.05) is 0 Å². The number of aliphatic hydroxyl groups is 1. The number of esters is 1. The van der Waals surface area contributed by atoms with Gasteiger partial charge in [-0.3, -0.25) is 4.79 Å². The lowest BCUT2D eigenvalue weighted by Crippen LogP contribution is -2.40. The predicted octanol–water partition coefficient (Wildman–Crippen LogP) is 2.75. The first kappa shape index (κ1) is 18.4. The molecule has 23 heavy (non-hydrogen) atoms. The summed E-state index contributed by atoms with van der Waals surface area (Å²) in [4.78, 5) is 12.2. The minimum atomic E-state index is -0.591. The molecule has 5 nitrogen and oxygen atoms in total. The number of rotatable bonds is 3. The summed E-state index contributed by atoms with van der Waals surface area (Å²) in [5.74, 6) is -0.288. The van der Waals surface area contributed by atoms with E-state index in [0.29, 0.717) is 12.8 Å². The maximum Gasteiger partial charge on any atom is 0.308 e. The highest BCUT2D eigenvalue weighted by Gasteiger charge is 2.32. The number of carbonyl (C=O) groups excluding carboxylic acids is 1. The molecule has 0 aromatic rings. The zero-order valence-electron chi connectivity index (χ0n) is 14.5. The maximum atomic E-state index is 12.2. The number of hydrogen-bond donors (Lipinski definition) is 1. The van der Waals surface area contributed by atoms with E-state index < -0.39 is 12.2 Å². The van der Waals surface area contributed by atoms with Gasteiger partial charge in [-0.15, -0.1) is 0 Å². The van der Waals surface area contributed by atoms with E-state index in [2.05, 4.69) is 19.9 Å². The lowest BCUT2D eigenvalue weighted by molar-refractivity contribution is -0.162. The van der Waals surface area contributed by atoms with Crippen LogP contribution in [0.4, 0.5) is 0 Å². The molecule has 0 saturated carbocycles. The van der Waals surface area contributed by atoms with Gasteiger partial charge in [-0.1, -0.05) is 25.0 Å². The second-order valence-electron chi connectivity index (χ2n) is 6.77. The zero-order chi connectivity index (χ0) is 16.8. The van der Waals surface area contributed by atoms with Crippen LogP contribution < -0.4 is 0 Å². The fourth-order valence-corrected chi connectivity index (χ4v) is 3.46. The number of carbonyl (C=O) groups is 1. The lowest BCUT2D eigenvalue weighted by Gasteiger charge is -2.34. The van der Waals surface area contributed by atoms with Crippen molar-refractivity contribution < 1.29 is 24.1 Å². The van der Waals surface area contributed by atoms with Crippen molar-refractivity contribution >= 4 is 5.97 Å². The Labute approximate surface area is 139 Å². The fourth-order valence-electron chi connectivity index (χ4n) is 3.46. The fraction of sp³-hybridized carbons (Fsp3) is 0.833. The summed E-state index contributed by atoms with van der Waals surface area (Å²) in [7, 11) is 1.71. The SMILES string of the molecule is CCC[C@@H]1C[C@H](OC)C/C(C)=C\[C@@H]2CC[C@@H](O)[C@H](CC(=O)O1)O2. The third kappa shape index (κ3) is 5.59. The Morgan fingerprint density at radius 2 is 2.13 bits per heavy atom. The molecule has 5 heteroatoms. The second kappa shape index (κ2) is 8.81. The van der Waals surface area contributed by atoms with Crippen molar-refractivity contribution in [2.24, 2.45) is 0 Å². The van der Waals surface area contributed by atoms with E-state index >= 15 is 0 Å². The lowest BCUT2D eigenvalue weighted by atomic mass is 9.95. The van der Waals surface area contributed by atoms with Gasteiger partial charge in [0.15, 0.2) is 0 Å². The topological polar surface area (TPSA) is 65.0 Å². The third-order valence-electron chi connectivity index (χ3n) is 4.68. The predicted molar refractivity (Wildman–Crippen MR) is 87.1 cm³/mol. The van der Waals surface area contributed by atoms with Gasteiger partial charge < -0.3 is 19.3 Å². The second-order valence-corrected chi connectivity index (χ2v) is 6.77. The molecule has 0 radical (unpaired) electrons. The summed E-state index contributed by atoms with van der Waals surface area (Å²) in [6.07, 6.45) is 5.76. The molecule has 0 aromatic carbocycles. The van der Waals surface area contributed by atoms with E-state index in [4.69, 9.17) is 14.2 Å². The van der Waals surface area contributed by atoms with Crippen molar-refractivity contribution in [1.29, 1.82) is 0 Å². The highest BCUT2D eigenvalue weighted by Crippen LogP contribution is 2.27. The molecular formula is C18H30O5. The molecule has 1 N–H and O–H groups in total. The van der Waals surface area contributed by atoms with Crippen molar-refractivity contribution in [3.8, 4) is 0 Å². The van der Waals surface area contributed by atoms with Gasteiger partial charge in [-0.25, -0.2) is 0 Å². The van der Waals surface area contributed by atoms with Crippen LogP contribution in [-0.2, 0) is 19.0 Å². The average Bonchev–Trinajstić information content (AvgIpc) is 2.49. The van der Waals surface area contributed by atoms with Crippen LogP contribution in [0.25, 0.3) is 0 Å². The van der Waals surface area contributed by atoms with Crippen LogP contribution in [0.1, 0.15) is 58.8 Å². The minimum absolute atomic E-state index is 0.0417. The van der Waals surface area contributed by atoms with Crippen molar-refractivity contribution in [3.05, 3.63) is 11.6 Å². The third-order valence-corrected chi connectivity index (χ3v) is 4.68. The Balaban J connectivity index is 2.17. The molecule has 2 rings (SSSR count). The zero-order valence-corrected chi connectivity index (χ0v) is 14.5. The molecule has 0 spiro atoms. The summed E-state index contributed by atoms with van der Waals surface area (Å²) in [6, 6.07) is 0. The van der Waals surface area contributed by atoms with Crippen LogP contribution in [-0.4, -0.2) is 48.7 Å². The van der Waals surface area contributed by atoms with E-state index in [1.54, 1.807) is 7.11 Å². The van der Waals surface area contributed by atoms with Gasteiger partial charge in [0.2, 0.25) is 0 Å². The Morgan fingerprint density at radius 1 is 1.35 bits per heavy atom. The first-order valence-corrected chi connectivity index (χ1v) is 8.74. The molecule has 1 saturated heterocycles. The van der Waals surface area contributed by atoms with Gasteiger partial charge in [-0.05, 0) is 32.6 Å². The summed E-state index contributed by atoms with van der Waals surface area (Å²) in [5, 5.41) is 10.1. The molecule has 0 amide bonds. The highest BCUT2D eigenvalue weighted by atomic mass is 16.6. The first-order valence-electron chi connectivity index (χ1n) is 8.74. The van der Waals surface area contributed by atoms with Crippen LogP contribution in [0.2, 0.25) is 0 Å². The van der Waals surface area contributed by atoms with Crippen LogP contribution >= 0.6 is 0 Å². The molecular weight excluding hydrogens is 296 g/mol. The molecule has 0 unspecified atom stereocenters. The Morgan fingerprint density at radius 3 is 2.83 bits per heavy atom. The molecule has 0 aromatic heterocycles. The number of fused-ring (bicyclic) bond motifs is 2. The van der Waals surface area contributed by atoms with E-state index in [-0.39, 0.29) is 30.7 Å². The first-order chi connectivity index (χ1) is 11.0. The van der Waals surface area contributed by atoms with Crippen LogP contribution in [0.15, 0.2) is 11.6 Å². The summed E-state index contributed by atoms with van der Waals surface area (Å²) < 4.78 is 17.1. The number of cyclic esters (lactones) is 1. The summed E-state index contributed by atoms with van der Waals surface area (Å²) in [5.41, 5.74) is 1.22. The smallest absolute Gasteiger partial charge is 0.308 e. The van der Waals surface area contributed by atoms with E-state index in [9.17, 15) is 9.90 Å². The quantitative estimate of drug-likeness (QED) is 0.638. The van der Waals surface area contributed by atoms with Crippen molar-refractivity contribution in [3.63, 3.8) is 0 Å². The molecule has 1 fully saturated rings. The minimum Gasteiger partial charge on any atom is -0.462 e. The molecule has 2 bridgehead atoms. The highest BCUT2D eigenvalue weighted by molar-refractivity contribution is 5.70. The number of methoxy groups -OCH3 is 1. The Bertz CT molecular complexity index is 420. The number of hydrogen-bond acceptors (Lipinski definition) is 5. The Kier molecular flexibility index (Phi) is 7.06. The van der Waals surface area contributed by atoms with E-state index in [1.165, 1.54) is 5.57 Å². The number of aliphatic hydroxyl groups excluding tert-OH is 1. The van der Waals surface area contributed by atoms with Gasteiger partial charge >= 0.3 is 5.97 Å². The Hall–Kier alpha value is -0.910. The maximum absolute atomic E-state index is 12.2. The van der Waals surface area contributed by atoms with Crippen molar-refractivity contribution in [2.75, 3.05) is 7.11 Å². The normalized spacial score (nSPS) is 38.7. The molecule has 5 atom stereocenters. The van der Waals surface area contributed by atoms with Gasteiger partial charge in [-0.2, -0.15) is 0 Å². The van der Waals surface area contributed by atoms with Gasteiger partial charge in [0, 0.05) is 13.5 Å². The van der Waals surface area contributed by atoms with Crippen LogP contribution in [0.5, 0.6) is 0 Å². The van der Waals surface area contributed by atoms with E-state index in [0.717, 1.165) is 25.7 Å². The van der Waals surface area contributed by atoms with Gasteiger partial charge in [0.25, 0.3) is 0 Å². The molecule has 2 aliphatic heterocycles. The van der Waals surface area contributed by atoms with Crippen molar-refractivity contribution in [1.82, 2.24) is 0 Å². The molecule has 132 valence electrons. The standard InChI is InChI=1S/C18H30O5/c1-4-5-13-10-15(21-3)9-12(2)8-14-6-7-16(19)17(22-14)11-18(20)23-13/h8,13-17,19H,4-7,9-11H2,1-3H3/b12-8-/t13-,14+,15-,16-,17+/m1/s1. The average molecular weight is 326 g/mol. The van der Waals surface area contributed by atoms with Gasteiger partial charge in [0.1, 0.15) is 6.10 Å². The number of ether oxygens (including phenoxy) is 3. The van der Waals surface area contributed by atoms with Crippen LogP contribution in [0, 0.1) is 0 Å². The molecule has 0 aliphatic carbocycles. The molecule has 2 aliphatic rings. The summed E-state index contributed by atoms with van der Waals surface area (Å²) in [6.45, 7) is 4.16. The van der Waals surface area contributed by atoms with Gasteiger partial charge in [0.05, 0.1) is 30.8 Å². The largest absolute Gasteiger partial charge is 0.462 e. The van der Waals surface area contributed by atoms with Crippen LogP contribution in [0.3, 0.4) is 0 Å². The summed E-state index contributed by atoms with van der Waals surface area (Å²) >= 11 is 0.